The predicted molar refractivity (Wildman–Crippen MR) is 417 cm³/mol. The van der Waals surface area contributed by atoms with E-state index < -0.39 is 0 Å². The van der Waals surface area contributed by atoms with Gasteiger partial charge in [0.15, 0.2) is 0 Å². The van der Waals surface area contributed by atoms with Gasteiger partial charge < -0.3 is 43.9 Å². The Hall–Kier alpha value is -4.89. The number of benzene rings is 3. The summed E-state index contributed by atoms with van der Waals surface area (Å²) in [5, 5.41) is 0. The number of likely N-dealkylation sites (N-methyl/N-ethyl adjacent to an activating group) is 1. The van der Waals surface area contributed by atoms with E-state index in [2.05, 4.69) is 234 Å². The van der Waals surface area contributed by atoms with E-state index in [-0.39, 0.29) is 31.3 Å². The van der Waals surface area contributed by atoms with E-state index in [0.717, 1.165) is 78.9 Å². The molecule has 8 heterocycles. The first-order valence-corrected chi connectivity index (χ1v) is 37.9. The van der Waals surface area contributed by atoms with Crippen molar-refractivity contribution in [3.05, 3.63) is 89.5 Å². The van der Waals surface area contributed by atoms with Gasteiger partial charge in [-0.05, 0) is 216 Å². The van der Waals surface area contributed by atoms with Crippen molar-refractivity contribution in [1.82, 2.24) is 34.3 Å². The third kappa shape index (κ3) is 30.1. The summed E-state index contributed by atoms with van der Waals surface area (Å²) in [4.78, 5) is 55.5. The molecule has 0 N–H and O–H groups in total. The van der Waals surface area contributed by atoms with Crippen molar-refractivity contribution in [2.75, 3.05) is 147 Å². The number of carbonyl (C=O) groups excluding carboxylic acids is 3. The maximum absolute atomic E-state index is 11.3. The first-order valence-electron chi connectivity index (χ1n) is 37.9. The van der Waals surface area contributed by atoms with Crippen LogP contribution in [0.25, 0.3) is 0 Å². The summed E-state index contributed by atoms with van der Waals surface area (Å²) in [6, 6.07) is 28.0. The first-order chi connectivity index (χ1) is 45.3. The molecule has 0 spiro atoms. The number of rotatable bonds is 11. The van der Waals surface area contributed by atoms with Crippen LogP contribution < -0.4 is 14.7 Å². The fraction of sp³-hybridized carbons (Fsp3) is 0.747. The highest BCUT2D eigenvalue weighted by atomic mass is 16.5. The molecule has 14 nitrogen and oxygen atoms in total. The fourth-order valence-corrected chi connectivity index (χ4v) is 13.4. The van der Waals surface area contributed by atoms with Gasteiger partial charge in [0.2, 0.25) is 11.8 Å². The second-order valence-electron chi connectivity index (χ2n) is 32.3. The van der Waals surface area contributed by atoms with Crippen LogP contribution in [0.5, 0.6) is 0 Å². The van der Waals surface area contributed by atoms with Crippen LogP contribution in [0, 0.1) is 85.9 Å². The minimum atomic E-state index is 0. The van der Waals surface area contributed by atoms with Gasteiger partial charge >= 0.3 is 6.03 Å². The van der Waals surface area contributed by atoms with Gasteiger partial charge in [0.05, 0.1) is 0 Å². The van der Waals surface area contributed by atoms with Gasteiger partial charge in [-0.2, -0.15) is 0 Å². The van der Waals surface area contributed by atoms with E-state index in [9.17, 15) is 14.4 Å². The van der Waals surface area contributed by atoms with Crippen LogP contribution in [-0.2, 0) is 14.3 Å². The highest BCUT2D eigenvalue weighted by molar-refractivity contribution is 5.75. The number of anilines is 3. The van der Waals surface area contributed by atoms with Gasteiger partial charge in [-0.15, -0.1) is 0 Å². The largest absolute Gasteiger partial charge is 0.371 e. The second-order valence-corrected chi connectivity index (χ2v) is 32.3. The molecule has 3 aromatic rings. The third-order valence-corrected chi connectivity index (χ3v) is 21.8. The average Bonchev–Trinajstić information content (AvgIpc) is 1.47. The molecule has 8 fully saturated rings. The number of piperidine rings is 2. The Morgan fingerprint density at radius 1 is 0.402 bits per heavy atom. The van der Waals surface area contributed by atoms with Crippen LogP contribution in [0.3, 0.4) is 0 Å². The molecule has 0 radical (unpaired) electrons. The third-order valence-electron chi connectivity index (χ3n) is 21.8. The Morgan fingerprint density at radius 2 is 0.773 bits per heavy atom. The average molecular weight is 1350 g/mol. The summed E-state index contributed by atoms with van der Waals surface area (Å²) in [6.07, 6.45) is 7.67. The van der Waals surface area contributed by atoms with Crippen LogP contribution in [0.15, 0.2) is 72.8 Å². The van der Waals surface area contributed by atoms with Gasteiger partial charge in [-0.1, -0.05) is 144 Å². The van der Waals surface area contributed by atoms with Gasteiger partial charge in [0.1, 0.15) is 13.5 Å². The molecule has 0 bridgehead atoms. The minimum absolute atomic E-state index is 0. The van der Waals surface area contributed by atoms with Gasteiger partial charge in [0, 0.05) is 141 Å². The SMILES string of the molecule is C.CC(=O)N1CCCC(C(C)C)C1.CC(=O)N1CCCC1C(C)C.CC(C)C1CCN(C)CC1.CC(C)N1CCN(C)CC1.CC(C)N1COCN(C)C1=O.Cc1ccc(N2CC(C(C)C)C2)cc1.Cc1ccc(N2CC(C(C)C)C2)cc1.Cc1ccc(N2CC(C(C)C)C2)cc1. The van der Waals surface area contributed by atoms with E-state index >= 15 is 0 Å². The Bertz CT molecular complexity index is 2410. The van der Waals surface area contributed by atoms with Crippen LogP contribution in [0.4, 0.5) is 21.9 Å². The monoisotopic (exact) mass is 1350 g/mol. The molecule has 2 atom stereocenters. The molecule has 0 aromatic heterocycles. The molecule has 14 heteroatoms. The Morgan fingerprint density at radius 3 is 1.08 bits per heavy atom. The lowest BCUT2D eigenvalue weighted by Crippen LogP contribution is -2.51. The van der Waals surface area contributed by atoms with Crippen LogP contribution in [0.2, 0.25) is 0 Å². The minimum Gasteiger partial charge on any atom is -0.371 e. The molecule has 3 aromatic carbocycles. The normalized spacial score (nSPS) is 20.5. The number of hydrogen-bond donors (Lipinski definition) is 0. The molecule has 8 saturated heterocycles. The van der Waals surface area contributed by atoms with Crippen molar-refractivity contribution in [3.8, 4) is 0 Å². The standard InChI is InChI=1S/3C13H19N.C10H19NO.C9H17NO.C9H19N.C8H18N2.C7H14N2O2.CH4/c3*1-10(2)12-8-14(9-12)13-6-4-11(3)5-7-13;1-8(2)10-5-4-6-11(7-10)9(3)12;1-7(2)9-5-4-6-10(9)8(3)11;1-8(2)9-4-6-10(3)7-5-9;1-8(2)10-6-4-9(3)5-7-10;1-6(2)9-5-11-4-8(3)7(9)10;/h3*4-7,10,12H,8-9H2,1-3H3;8,10H,4-7H2,1-3H3;7,9H,4-6H2,1-3H3;8-9H,4-7H2,1-3H3;8H,4-7H2,1-3H3;6H,4-5H2,1-3H3;1H4. The second kappa shape index (κ2) is 43.7. The van der Waals surface area contributed by atoms with Crippen molar-refractivity contribution in [3.63, 3.8) is 0 Å². The lowest BCUT2D eigenvalue weighted by molar-refractivity contribution is -0.131. The van der Waals surface area contributed by atoms with E-state index in [1.807, 2.05) is 23.6 Å². The highest BCUT2D eigenvalue weighted by Gasteiger charge is 2.33. The van der Waals surface area contributed by atoms with Crippen LogP contribution in [0.1, 0.15) is 187 Å². The van der Waals surface area contributed by atoms with Crippen molar-refractivity contribution in [1.29, 1.82) is 0 Å². The Kier molecular flexibility index (Phi) is 38.9. The molecule has 4 amide bonds. The molecule has 11 rings (SSSR count). The van der Waals surface area contributed by atoms with Gasteiger partial charge in [-0.3, -0.25) is 19.4 Å². The summed E-state index contributed by atoms with van der Waals surface area (Å²) in [6.45, 7) is 64.4. The topological polar surface area (TPSA) is 92.8 Å². The van der Waals surface area contributed by atoms with E-state index in [0.29, 0.717) is 31.3 Å². The molecular weight excluding hydrogens is 1200 g/mol. The lowest BCUT2D eigenvalue weighted by atomic mass is 9.87. The Balaban J connectivity index is 0.000000289. The van der Waals surface area contributed by atoms with E-state index in [1.54, 1.807) is 30.7 Å². The number of urea groups is 1. The lowest BCUT2D eigenvalue weighted by Gasteiger charge is -2.43. The quantitative estimate of drug-likeness (QED) is 0.185. The molecule has 97 heavy (non-hydrogen) atoms. The summed E-state index contributed by atoms with van der Waals surface area (Å²) in [7, 11) is 6.14. The highest BCUT2D eigenvalue weighted by Crippen LogP contribution is 2.32. The number of ether oxygens (including phenoxy) is 1. The molecule has 8 aliphatic heterocycles. The predicted octanol–water partition coefficient (Wildman–Crippen LogP) is 16.8. The maximum atomic E-state index is 11.3. The van der Waals surface area contributed by atoms with Crippen molar-refractivity contribution >= 4 is 34.9 Å². The maximum Gasteiger partial charge on any atom is 0.323 e. The van der Waals surface area contributed by atoms with Crippen LogP contribution >= 0.6 is 0 Å². The summed E-state index contributed by atoms with van der Waals surface area (Å²) in [5.41, 5.74) is 8.17. The van der Waals surface area contributed by atoms with E-state index in [4.69, 9.17) is 4.74 Å². The number of nitrogens with zero attached hydrogens (tertiary/aromatic N) is 10. The molecule has 2 unspecified atom stereocenters. The van der Waals surface area contributed by atoms with Crippen molar-refractivity contribution in [2.24, 2.45) is 65.1 Å². The van der Waals surface area contributed by atoms with Crippen molar-refractivity contribution < 1.29 is 19.1 Å². The molecule has 0 saturated carbocycles. The number of carbonyl (C=O) groups is 3. The smallest absolute Gasteiger partial charge is 0.323 e. The van der Waals surface area contributed by atoms with E-state index in [1.165, 1.54) is 151 Å². The zero-order valence-corrected chi connectivity index (χ0v) is 65.9. The first kappa shape index (κ1) is 86.3. The van der Waals surface area contributed by atoms with Gasteiger partial charge in [0.25, 0.3) is 0 Å². The molecular formula is C83H148N10O4. The fourth-order valence-electron chi connectivity index (χ4n) is 13.4. The van der Waals surface area contributed by atoms with Gasteiger partial charge in [-0.25, -0.2) is 4.79 Å². The number of hydrogen-bond acceptors (Lipinski definition) is 10. The molecule has 0 aliphatic carbocycles. The molecule has 554 valence electrons. The summed E-state index contributed by atoms with van der Waals surface area (Å²) < 4.78 is 5.16. The summed E-state index contributed by atoms with van der Waals surface area (Å²) in [5.74, 6) is 9.61. The zero-order chi connectivity index (χ0) is 71.5. The molecule has 8 aliphatic rings. The summed E-state index contributed by atoms with van der Waals surface area (Å²) >= 11 is 0. The zero-order valence-electron chi connectivity index (χ0n) is 65.9. The number of amides is 4. The number of piperazine rings is 1. The Labute approximate surface area is 596 Å². The van der Waals surface area contributed by atoms with Crippen LogP contribution in [-0.4, -0.2) is 203 Å². The van der Waals surface area contributed by atoms with Crippen molar-refractivity contribution in [2.45, 2.75) is 209 Å². The number of aryl methyl sites for hydroxylation is 3. The number of likely N-dealkylation sites (tertiary alicyclic amines) is 3.